The van der Waals surface area contributed by atoms with Crippen LogP contribution in [0.5, 0.6) is 0 Å². The minimum absolute atomic E-state index is 0. The topological polar surface area (TPSA) is 66.5 Å². The van der Waals surface area contributed by atoms with Crippen LogP contribution in [0.25, 0.3) is 0 Å². The molecular formula is C4H15NO. The summed E-state index contributed by atoms with van der Waals surface area (Å²) in [4.78, 5) is 0. The minimum atomic E-state index is 0. The highest BCUT2D eigenvalue weighted by molar-refractivity contribution is 4.12. The van der Waals surface area contributed by atoms with E-state index in [0.717, 1.165) is 0 Å². The molecule has 0 heterocycles. The summed E-state index contributed by atoms with van der Waals surface area (Å²) in [7, 11) is 0. The molecule has 0 radical (unpaired) electrons. The van der Waals surface area contributed by atoms with Gasteiger partial charge in [-0.3, -0.25) is 0 Å². The number of unbranched alkanes of at least 4 members (excludes halogenated alkanes) is 1. The summed E-state index contributed by atoms with van der Waals surface area (Å²) < 4.78 is 0. The molecule has 0 bridgehead atoms. The molecule has 2 heteroatoms. The average molecular weight is 93.2 g/mol. The summed E-state index contributed by atoms with van der Waals surface area (Å²) in [6, 6.07) is 0. The lowest BCUT2D eigenvalue weighted by Gasteiger charge is -1.68. The summed E-state index contributed by atoms with van der Waals surface area (Å²) in [6.07, 6.45) is 2.64. The van der Waals surface area contributed by atoms with Gasteiger partial charge in [-0.2, -0.15) is 0 Å². The van der Waals surface area contributed by atoms with Crippen molar-refractivity contribution < 1.29 is 5.48 Å². The van der Waals surface area contributed by atoms with Crippen molar-refractivity contribution in [2.24, 2.45) is 0 Å². The van der Waals surface area contributed by atoms with E-state index in [-0.39, 0.29) is 11.6 Å². The molecule has 0 spiro atoms. The van der Waals surface area contributed by atoms with Gasteiger partial charge in [0.05, 0.1) is 0 Å². The van der Waals surface area contributed by atoms with Crippen molar-refractivity contribution in [1.82, 2.24) is 6.15 Å². The molecule has 0 saturated heterocycles. The van der Waals surface area contributed by atoms with E-state index in [4.69, 9.17) is 0 Å². The van der Waals surface area contributed by atoms with Crippen LogP contribution in [0, 0.1) is 0 Å². The first-order valence-electron chi connectivity index (χ1n) is 1.91. The molecule has 0 aliphatic heterocycles. The quantitative estimate of drug-likeness (QED) is 0.519. The van der Waals surface area contributed by atoms with Crippen LogP contribution in [0.15, 0.2) is 0 Å². The van der Waals surface area contributed by atoms with Gasteiger partial charge in [-0.15, -0.1) is 0 Å². The van der Waals surface area contributed by atoms with Gasteiger partial charge < -0.3 is 11.6 Å². The van der Waals surface area contributed by atoms with Crippen LogP contribution in [-0.4, -0.2) is 5.48 Å². The summed E-state index contributed by atoms with van der Waals surface area (Å²) in [5, 5.41) is 0. The van der Waals surface area contributed by atoms with Crippen LogP contribution in [-0.2, 0) is 0 Å². The normalized spacial score (nSPS) is 5.00. The Morgan fingerprint density at radius 3 is 1.17 bits per heavy atom. The van der Waals surface area contributed by atoms with Crippen molar-refractivity contribution in [2.75, 3.05) is 0 Å². The Bertz CT molecular complexity index is 9.51. The van der Waals surface area contributed by atoms with E-state index in [1.807, 2.05) is 0 Å². The van der Waals surface area contributed by atoms with Crippen molar-refractivity contribution >= 4 is 0 Å². The van der Waals surface area contributed by atoms with Gasteiger partial charge in [0.25, 0.3) is 0 Å². The fraction of sp³-hybridized carbons (Fsp3) is 1.00. The number of hydrogen-bond acceptors (Lipinski definition) is 1. The van der Waals surface area contributed by atoms with Crippen molar-refractivity contribution in [3.05, 3.63) is 0 Å². The van der Waals surface area contributed by atoms with E-state index in [2.05, 4.69) is 13.8 Å². The first-order chi connectivity index (χ1) is 1.91. The second-order valence-corrected chi connectivity index (χ2v) is 1.000. The molecule has 0 aromatic heterocycles. The lowest BCUT2D eigenvalue weighted by molar-refractivity contribution is 0.824. The largest absolute Gasteiger partial charge is 0.412 e. The third-order valence-electron chi connectivity index (χ3n) is 0.500. The van der Waals surface area contributed by atoms with Gasteiger partial charge in [0.2, 0.25) is 0 Å². The van der Waals surface area contributed by atoms with Crippen molar-refractivity contribution in [3.8, 4) is 0 Å². The lowest BCUT2D eigenvalue weighted by Crippen LogP contribution is -1.47. The predicted octanol–water partition coefficient (Wildman–Crippen LogP) is 1.14. The molecule has 0 atom stereocenters. The Balaban J connectivity index is -0.0000000450. The van der Waals surface area contributed by atoms with Gasteiger partial charge >= 0.3 is 0 Å². The first-order valence-corrected chi connectivity index (χ1v) is 1.91. The Kier molecular flexibility index (Phi) is 57.4. The molecule has 6 heavy (non-hydrogen) atoms. The van der Waals surface area contributed by atoms with Gasteiger partial charge in [0, 0.05) is 0 Å². The highest BCUT2D eigenvalue weighted by Crippen LogP contribution is 1.76. The monoisotopic (exact) mass is 93.1 g/mol. The molecule has 0 saturated carbocycles. The predicted molar refractivity (Wildman–Crippen MR) is 29.2 cm³/mol. The summed E-state index contributed by atoms with van der Waals surface area (Å²) in [6.45, 7) is 4.36. The van der Waals surface area contributed by atoms with Crippen LogP contribution in [0.2, 0.25) is 0 Å². The SMILES string of the molecule is CCCC.N.O. The molecule has 2 nitrogen and oxygen atoms in total. The number of hydrogen-bond donors (Lipinski definition) is 1. The van der Waals surface area contributed by atoms with Gasteiger partial charge in [-0.05, 0) is 0 Å². The molecule has 0 aliphatic rings. The molecule has 0 unspecified atom stereocenters. The van der Waals surface area contributed by atoms with Crippen LogP contribution in [0.3, 0.4) is 0 Å². The molecule has 0 aromatic carbocycles. The molecule has 0 aromatic rings. The Hall–Kier alpha value is -0.0800. The Morgan fingerprint density at radius 1 is 1.00 bits per heavy atom. The van der Waals surface area contributed by atoms with E-state index in [1.165, 1.54) is 12.8 Å². The highest BCUT2D eigenvalue weighted by Gasteiger charge is 1.56. The third-order valence-corrected chi connectivity index (χ3v) is 0.500. The smallest absolute Gasteiger partial charge is 0.0564 e. The van der Waals surface area contributed by atoms with Crippen molar-refractivity contribution in [2.45, 2.75) is 26.7 Å². The van der Waals surface area contributed by atoms with E-state index in [0.29, 0.717) is 0 Å². The first kappa shape index (κ1) is 16.8. The number of rotatable bonds is 1. The highest BCUT2D eigenvalue weighted by atomic mass is 16.0. The molecule has 0 aliphatic carbocycles. The maximum atomic E-state index is 2.18. The maximum absolute atomic E-state index is 2.18. The van der Waals surface area contributed by atoms with E-state index >= 15 is 0 Å². The van der Waals surface area contributed by atoms with Crippen molar-refractivity contribution in [3.63, 3.8) is 0 Å². The van der Waals surface area contributed by atoms with Gasteiger partial charge in [-0.1, -0.05) is 26.7 Å². The standard InChI is InChI=1S/C4H10.H3N.H2O/c1-3-4-2;;/h3-4H2,1-2H3;1H3;1H2. The van der Waals surface area contributed by atoms with E-state index in [9.17, 15) is 0 Å². The van der Waals surface area contributed by atoms with Gasteiger partial charge in [0.15, 0.2) is 0 Å². The molecule has 5 N–H and O–H groups in total. The second-order valence-electron chi connectivity index (χ2n) is 1.000. The Morgan fingerprint density at radius 2 is 1.17 bits per heavy atom. The summed E-state index contributed by atoms with van der Waals surface area (Å²) in [5.41, 5.74) is 0. The van der Waals surface area contributed by atoms with E-state index in [1.54, 1.807) is 0 Å². The summed E-state index contributed by atoms with van der Waals surface area (Å²) in [5.74, 6) is 0. The van der Waals surface area contributed by atoms with Gasteiger partial charge in [-0.25, -0.2) is 0 Å². The molecular weight excluding hydrogens is 78.0 g/mol. The second kappa shape index (κ2) is 20.5. The van der Waals surface area contributed by atoms with Crippen molar-refractivity contribution in [1.29, 1.82) is 0 Å². The fourth-order valence-corrected chi connectivity index (χ4v) is 0. The zero-order chi connectivity index (χ0) is 3.41. The average Bonchev–Trinajstić information content (AvgIpc) is 1.37. The molecule has 0 rings (SSSR count). The van der Waals surface area contributed by atoms with Crippen LogP contribution in [0.4, 0.5) is 0 Å². The zero-order valence-corrected chi connectivity index (χ0v) is 4.62. The molecule has 0 amide bonds. The summed E-state index contributed by atoms with van der Waals surface area (Å²) >= 11 is 0. The third kappa shape index (κ3) is 39.5. The maximum Gasteiger partial charge on any atom is -0.0564 e. The van der Waals surface area contributed by atoms with E-state index < -0.39 is 0 Å². The van der Waals surface area contributed by atoms with Gasteiger partial charge in [0.1, 0.15) is 0 Å². The van der Waals surface area contributed by atoms with Crippen LogP contribution >= 0.6 is 0 Å². The molecule has 42 valence electrons. The minimum Gasteiger partial charge on any atom is -0.412 e. The zero-order valence-electron chi connectivity index (χ0n) is 4.62. The van der Waals surface area contributed by atoms with Crippen LogP contribution in [0.1, 0.15) is 26.7 Å². The lowest BCUT2D eigenvalue weighted by atomic mass is 10.4. The van der Waals surface area contributed by atoms with Crippen LogP contribution < -0.4 is 6.15 Å². The Labute approximate surface area is 39.5 Å². The fourth-order valence-electron chi connectivity index (χ4n) is 0. The molecule has 0 fully saturated rings.